The lowest BCUT2D eigenvalue weighted by molar-refractivity contribution is -0.0921. The number of benzene rings is 2. The summed E-state index contributed by atoms with van der Waals surface area (Å²) >= 11 is 6.00. The average Bonchev–Trinajstić information content (AvgIpc) is 2.77. The highest BCUT2D eigenvalue weighted by Gasteiger charge is 2.49. The smallest absolute Gasteiger partial charge is 0.270 e. The van der Waals surface area contributed by atoms with E-state index in [0.717, 1.165) is 6.92 Å². The van der Waals surface area contributed by atoms with Crippen LogP contribution in [0.1, 0.15) is 25.8 Å². The van der Waals surface area contributed by atoms with Crippen molar-refractivity contribution in [3.8, 4) is 0 Å². The van der Waals surface area contributed by atoms with Gasteiger partial charge in [0.1, 0.15) is 11.4 Å². The van der Waals surface area contributed by atoms with Crippen molar-refractivity contribution in [2.45, 2.75) is 31.7 Å². The van der Waals surface area contributed by atoms with Crippen LogP contribution in [0.5, 0.6) is 0 Å². The van der Waals surface area contributed by atoms with Crippen molar-refractivity contribution < 1.29 is 18.3 Å². The Labute approximate surface area is 196 Å². The Bertz CT molecular complexity index is 1120. The third-order valence-electron chi connectivity index (χ3n) is 5.68. The Balaban J connectivity index is 2.08. The number of hydrazone groups is 1. The third-order valence-corrected chi connectivity index (χ3v) is 5.93. The van der Waals surface area contributed by atoms with Gasteiger partial charge in [0.25, 0.3) is 5.92 Å². The molecular formula is C25H25ClF3N3O. The first-order chi connectivity index (χ1) is 15.5. The topological polar surface area (TPSA) is 47.9 Å². The highest BCUT2D eigenvalue weighted by molar-refractivity contribution is 6.30. The molecule has 1 aliphatic rings. The van der Waals surface area contributed by atoms with Gasteiger partial charge in [-0.2, -0.15) is 5.10 Å². The second-order valence-electron chi connectivity index (χ2n) is 7.87. The molecule has 0 spiro atoms. The Morgan fingerprint density at radius 1 is 1.21 bits per heavy atom. The first kappa shape index (κ1) is 24.6. The zero-order chi connectivity index (χ0) is 24.4. The molecular weight excluding hydrogens is 451 g/mol. The van der Waals surface area contributed by atoms with Crippen LogP contribution >= 0.6 is 11.6 Å². The number of aliphatic hydroxyl groups is 1. The average molecular weight is 476 g/mol. The number of rotatable bonds is 8. The van der Waals surface area contributed by atoms with Gasteiger partial charge in [0, 0.05) is 28.8 Å². The summed E-state index contributed by atoms with van der Waals surface area (Å²) < 4.78 is 42.8. The quantitative estimate of drug-likeness (QED) is 0.489. The van der Waals surface area contributed by atoms with E-state index in [1.165, 1.54) is 23.2 Å². The van der Waals surface area contributed by atoms with Gasteiger partial charge in [-0.1, -0.05) is 49.9 Å². The van der Waals surface area contributed by atoms with Gasteiger partial charge >= 0.3 is 0 Å². The number of allylic oxidation sites excluding steroid dienone is 1. The molecule has 2 aromatic carbocycles. The van der Waals surface area contributed by atoms with Gasteiger partial charge in [0.2, 0.25) is 0 Å². The van der Waals surface area contributed by atoms with Gasteiger partial charge in [-0.05, 0) is 42.8 Å². The molecule has 0 saturated carbocycles. The molecule has 1 unspecified atom stereocenters. The third kappa shape index (κ3) is 4.99. The molecule has 0 fully saturated rings. The van der Waals surface area contributed by atoms with E-state index in [9.17, 15) is 18.3 Å². The van der Waals surface area contributed by atoms with Gasteiger partial charge in [0.15, 0.2) is 0 Å². The molecule has 4 nitrogen and oxygen atoms in total. The lowest BCUT2D eigenvalue weighted by atomic mass is 9.88. The number of anilines is 1. The fraction of sp³-hybridized carbons (Fsp3) is 0.240. The molecule has 174 valence electrons. The summed E-state index contributed by atoms with van der Waals surface area (Å²) in [5.41, 5.74) is 0.450. The SMILES string of the molecule is C=C(NC(CC)(CO)C(C)(F)F)C1=CC(c2ccc(Cl)cc2)=NN(c2cccc(F)c2)C1=C. The Kier molecular flexibility index (Phi) is 7.05. The van der Waals surface area contributed by atoms with E-state index in [4.69, 9.17) is 11.6 Å². The van der Waals surface area contributed by atoms with Crippen LogP contribution in [-0.4, -0.2) is 28.9 Å². The minimum absolute atomic E-state index is 0.0580. The number of aliphatic hydroxyl groups excluding tert-OH is 1. The minimum atomic E-state index is -3.24. The van der Waals surface area contributed by atoms with Crippen LogP contribution in [-0.2, 0) is 0 Å². The molecule has 8 heteroatoms. The highest BCUT2D eigenvalue weighted by atomic mass is 35.5. The Hall–Kier alpha value is -3.03. The van der Waals surface area contributed by atoms with Crippen molar-refractivity contribution >= 4 is 23.0 Å². The second kappa shape index (κ2) is 9.45. The Morgan fingerprint density at radius 3 is 2.42 bits per heavy atom. The fourth-order valence-corrected chi connectivity index (χ4v) is 3.66. The molecule has 0 bridgehead atoms. The molecule has 0 radical (unpaired) electrons. The van der Waals surface area contributed by atoms with Gasteiger partial charge in [-0.3, -0.25) is 0 Å². The molecule has 0 aliphatic carbocycles. The van der Waals surface area contributed by atoms with Gasteiger partial charge in [0.05, 0.1) is 23.7 Å². The maximum atomic E-state index is 14.4. The molecule has 2 N–H and O–H groups in total. The molecule has 1 aliphatic heterocycles. The van der Waals surface area contributed by atoms with Crippen LogP contribution in [0.25, 0.3) is 0 Å². The number of hydrogen-bond donors (Lipinski definition) is 2. The number of nitrogens with zero attached hydrogens (tertiary/aromatic N) is 2. The first-order valence-corrected chi connectivity index (χ1v) is 10.7. The summed E-state index contributed by atoms with van der Waals surface area (Å²) in [4.78, 5) is 0. The minimum Gasteiger partial charge on any atom is -0.394 e. The van der Waals surface area contributed by atoms with Crippen LogP contribution in [0.3, 0.4) is 0 Å². The van der Waals surface area contributed by atoms with Crippen LogP contribution in [0.2, 0.25) is 5.02 Å². The molecule has 33 heavy (non-hydrogen) atoms. The number of hydrogen-bond acceptors (Lipinski definition) is 4. The van der Waals surface area contributed by atoms with E-state index < -0.39 is 23.9 Å². The summed E-state index contributed by atoms with van der Waals surface area (Å²) in [6, 6.07) is 12.7. The normalized spacial score (nSPS) is 16.1. The van der Waals surface area contributed by atoms with Crippen molar-refractivity contribution in [1.29, 1.82) is 0 Å². The van der Waals surface area contributed by atoms with Crippen molar-refractivity contribution in [1.82, 2.24) is 5.32 Å². The van der Waals surface area contributed by atoms with Crippen molar-refractivity contribution in [3.63, 3.8) is 0 Å². The summed E-state index contributed by atoms with van der Waals surface area (Å²) in [5, 5.41) is 19.1. The van der Waals surface area contributed by atoms with Gasteiger partial charge < -0.3 is 10.4 Å². The predicted molar refractivity (Wildman–Crippen MR) is 127 cm³/mol. The summed E-state index contributed by atoms with van der Waals surface area (Å²) in [5.74, 6) is -3.71. The van der Waals surface area contributed by atoms with Crippen LogP contribution < -0.4 is 10.3 Å². The molecule has 2 aromatic rings. The van der Waals surface area contributed by atoms with E-state index in [-0.39, 0.29) is 12.1 Å². The number of nitrogens with one attached hydrogen (secondary N) is 1. The first-order valence-electron chi connectivity index (χ1n) is 10.3. The zero-order valence-electron chi connectivity index (χ0n) is 18.4. The molecule has 3 rings (SSSR count). The van der Waals surface area contributed by atoms with Crippen molar-refractivity contribution in [2.75, 3.05) is 11.6 Å². The molecule has 1 heterocycles. The van der Waals surface area contributed by atoms with Crippen molar-refractivity contribution in [2.24, 2.45) is 5.10 Å². The molecule has 0 saturated heterocycles. The summed E-state index contributed by atoms with van der Waals surface area (Å²) in [6.45, 7) is 9.49. The van der Waals surface area contributed by atoms with E-state index in [1.54, 1.807) is 43.3 Å². The second-order valence-corrected chi connectivity index (χ2v) is 8.31. The van der Waals surface area contributed by atoms with E-state index in [1.807, 2.05) is 0 Å². The van der Waals surface area contributed by atoms with Crippen LogP contribution in [0, 0.1) is 5.82 Å². The highest BCUT2D eigenvalue weighted by Crippen LogP contribution is 2.36. The zero-order valence-corrected chi connectivity index (χ0v) is 19.1. The lowest BCUT2D eigenvalue weighted by Crippen LogP contribution is -2.59. The monoisotopic (exact) mass is 475 g/mol. The predicted octanol–water partition coefficient (Wildman–Crippen LogP) is 6.04. The molecule has 1 atom stereocenters. The van der Waals surface area contributed by atoms with Crippen molar-refractivity contribution in [3.05, 3.63) is 101 Å². The van der Waals surface area contributed by atoms with Gasteiger partial charge in [-0.25, -0.2) is 18.2 Å². The van der Waals surface area contributed by atoms with Crippen LogP contribution in [0.15, 0.2) is 89.8 Å². The molecule has 0 amide bonds. The maximum absolute atomic E-state index is 14.4. The number of alkyl halides is 2. The lowest BCUT2D eigenvalue weighted by Gasteiger charge is -2.40. The molecule has 0 aromatic heterocycles. The maximum Gasteiger partial charge on any atom is 0.270 e. The largest absolute Gasteiger partial charge is 0.394 e. The number of halogens is 4. The van der Waals surface area contributed by atoms with E-state index >= 15 is 0 Å². The van der Waals surface area contributed by atoms with Gasteiger partial charge in [-0.15, -0.1) is 0 Å². The fourth-order valence-electron chi connectivity index (χ4n) is 3.53. The van der Waals surface area contributed by atoms with E-state index in [0.29, 0.717) is 33.3 Å². The Morgan fingerprint density at radius 2 is 1.88 bits per heavy atom. The van der Waals surface area contributed by atoms with E-state index in [2.05, 4.69) is 23.6 Å². The standard InChI is InChI=1S/C25H25ClF3N3O/c1-5-25(15-33,24(4,28)29)30-16(2)22-14-23(18-9-11-19(26)12-10-18)31-32(17(22)3)21-8-6-7-20(27)13-21/h6-14,30,33H,2-3,5,15H2,1,4H3. The van der Waals surface area contributed by atoms with Crippen LogP contribution in [0.4, 0.5) is 18.9 Å². The summed E-state index contributed by atoms with van der Waals surface area (Å²) in [7, 11) is 0. The summed E-state index contributed by atoms with van der Waals surface area (Å²) in [6.07, 6.45) is 1.60.